The van der Waals surface area contributed by atoms with Gasteiger partial charge in [-0.3, -0.25) is 15.8 Å². The van der Waals surface area contributed by atoms with Gasteiger partial charge in [-0.05, 0) is 42.3 Å². The van der Waals surface area contributed by atoms with Crippen molar-refractivity contribution in [3.8, 4) is 17.6 Å². The molecule has 1 aromatic carbocycles. The quantitative estimate of drug-likeness (QED) is 0.873. The van der Waals surface area contributed by atoms with Crippen LogP contribution in [0.25, 0.3) is 0 Å². The predicted molar refractivity (Wildman–Crippen MR) is 97.5 cm³/mol. The summed E-state index contributed by atoms with van der Waals surface area (Å²) in [5.74, 6) is 1.21. The zero-order chi connectivity index (χ0) is 18.8. The number of nitrogens with zero attached hydrogens (tertiary/aromatic N) is 3. The number of nitriles is 1. The number of hydrazine groups is 1. The molecule has 27 heavy (non-hydrogen) atoms. The van der Waals surface area contributed by atoms with E-state index in [4.69, 9.17) is 10.00 Å². The first kappa shape index (κ1) is 16.9. The summed E-state index contributed by atoms with van der Waals surface area (Å²) in [7, 11) is 0. The second-order valence-corrected chi connectivity index (χ2v) is 6.43. The van der Waals surface area contributed by atoms with Gasteiger partial charge < -0.3 is 9.64 Å². The zero-order valence-corrected chi connectivity index (χ0v) is 14.8. The van der Waals surface area contributed by atoms with Crippen molar-refractivity contribution in [1.29, 1.82) is 5.26 Å². The molecule has 0 saturated heterocycles. The Morgan fingerprint density at radius 3 is 2.93 bits per heavy atom. The van der Waals surface area contributed by atoms with Gasteiger partial charge in [-0.25, -0.2) is 4.39 Å². The fourth-order valence-electron chi connectivity index (χ4n) is 3.24. The molecule has 2 aromatic rings. The molecule has 2 aliphatic rings. The summed E-state index contributed by atoms with van der Waals surface area (Å²) in [6.45, 7) is 3.42. The molecule has 7 heteroatoms. The molecule has 2 N–H and O–H groups in total. The third-order valence-corrected chi connectivity index (χ3v) is 4.57. The number of benzene rings is 1. The van der Waals surface area contributed by atoms with Crippen LogP contribution >= 0.6 is 0 Å². The Balaban J connectivity index is 1.57. The normalized spacial score (nSPS) is 15.9. The number of fused-ring (bicyclic) bond motifs is 1. The fraction of sp³-hybridized carbons (Fsp3) is 0.200. The topological polar surface area (TPSA) is 73.2 Å². The largest absolute Gasteiger partial charge is 0.453 e. The van der Waals surface area contributed by atoms with Crippen LogP contribution in [0.5, 0.6) is 11.5 Å². The molecule has 1 aromatic heterocycles. The highest BCUT2D eigenvalue weighted by atomic mass is 19.1. The number of allylic oxidation sites excluding steroid dienone is 3. The van der Waals surface area contributed by atoms with Gasteiger partial charge in [0.1, 0.15) is 23.3 Å². The molecule has 0 radical (unpaired) electrons. The molecule has 0 saturated carbocycles. The highest BCUT2D eigenvalue weighted by molar-refractivity contribution is 5.38. The van der Waals surface area contributed by atoms with Crippen LogP contribution in [-0.2, 0) is 13.0 Å². The van der Waals surface area contributed by atoms with E-state index < -0.39 is 5.82 Å². The maximum absolute atomic E-state index is 13.8. The average molecular weight is 363 g/mol. The number of halogens is 1. The van der Waals surface area contributed by atoms with E-state index in [9.17, 15) is 4.39 Å². The van der Waals surface area contributed by atoms with Crippen molar-refractivity contribution < 1.29 is 9.13 Å². The highest BCUT2D eigenvalue weighted by Crippen LogP contribution is 2.28. The van der Waals surface area contributed by atoms with E-state index in [0.717, 1.165) is 35.6 Å². The molecule has 6 nitrogen and oxygen atoms in total. The number of pyridine rings is 1. The van der Waals surface area contributed by atoms with Crippen LogP contribution in [0.15, 0.2) is 59.7 Å². The number of nitrogens with one attached hydrogen (secondary N) is 2. The molecule has 136 valence electrons. The first-order valence-electron chi connectivity index (χ1n) is 8.64. The van der Waals surface area contributed by atoms with Crippen LogP contribution in [0.4, 0.5) is 4.39 Å². The molecule has 0 fully saturated rings. The summed E-state index contributed by atoms with van der Waals surface area (Å²) < 4.78 is 19.5. The van der Waals surface area contributed by atoms with Gasteiger partial charge in [-0.15, -0.1) is 0 Å². The van der Waals surface area contributed by atoms with Gasteiger partial charge in [0.25, 0.3) is 0 Å². The van der Waals surface area contributed by atoms with E-state index in [2.05, 4.69) is 26.8 Å². The number of hydrogen-bond acceptors (Lipinski definition) is 6. The molecule has 2 aliphatic heterocycles. The molecule has 0 aliphatic carbocycles. The summed E-state index contributed by atoms with van der Waals surface area (Å²) in [5, 5.41) is 9.00. The van der Waals surface area contributed by atoms with Crippen molar-refractivity contribution >= 4 is 0 Å². The summed E-state index contributed by atoms with van der Waals surface area (Å²) >= 11 is 0. The second-order valence-electron chi connectivity index (χ2n) is 6.43. The molecule has 0 unspecified atom stereocenters. The van der Waals surface area contributed by atoms with Gasteiger partial charge in [0, 0.05) is 25.2 Å². The Kier molecular flexibility index (Phi) is 4.38. The lowest BCUT2D eigenvalue weighted by atomic mass is 10.0. The smallest absolute Gasteiger partial charge is 0.165 e. The lowest BCUT2D eigenvalue weighted by Gasteiger charge is -2.34. The van der Waals surface area contributed by atoms with E-state index in [1.807, 2.05) is 19.1 Å². The number of ether oxygens (including phenoxy) is 1. The Labute approximate surface area is 156 Å². The molecule has 0 spiro atoms. The summed E-state index contributed by atoms with van der Waals surface area (Å²) in [5.41, 5.74) is 9.50. The molecule has 4 rings (SSSR count). The minimum Gasteiger partial charge on any atom is -0.453 e. The fourth-order valence-corrected chi connectivity index (χ4v) is 3.24. The first-order valence-corrected chi connectivity index (χ1v) is 8.64. The summed E-state index contributed by atoms with van der Waals surface area (Å²) in [4.78, 5) is 6.67. The Morgan fingerprint density at radius 2 is 2.15 bits per heavy atom. The van der Waals surface area contributed by atoms with E-state index in [1.54, 1.807) is 24.4 Å². The van der Waals surface area contributed by atoms with Crippen molar-refractivity contribution in [3.63, 3.8) is 0 Å². The zero-order valence-electron chi connectivity index (χ0n) is 14.8. The summed E-state index contributed by atoms with van der Waals surface area (Å²) in [6.07, 6.45) is 4.24. The van der Waals surface area contributed by atoms with Gasteiger partial charge in [0.15, 0.2) is 11.6 Å². The Morgan fingerprint density at radius 1 is 1.30 bits per heavy atom. The standard InChI is InChI=1S/C20H18FN5O/c1-13-8-15(10-22)24-25-20(13)26-7-6-18-14(12-26)9-16(11-23-18)27-19-5-3-2-4-17(19)21/h2-5,8-9,11,24-25H,6-7,12H2,1H3. The lowest BCUT2D eigenvalue weighted by Crippen LogP contribution is -2.43. The van der Waals surface area contributed by atoms with E-state index >= 15 is 0 Å². The summed E-state index contributed by atoms with van der Waals surface area (Å²) in [6, 6.07) is 10.3. The van der Waals surface area contributed by atoms with E-state index in [1.165, 1.54) is 6.07 Å². The maximum atomic E-state index is 13.8. The molecule has 3 heterocycles. The van der Waals surface area contributed by atoms with Crippen molar-refractivity contribution in [2.75, 3.05) is 6.54 Å². The Bertz CT molecular complexity index is 992. The minimum atomic E-state index is -0.407. The first-order chi connectivity index (χ1) is 13.1. The van der Waals surface area contributed by atoms with Crippen LogP contribution in [0.2, 0.25) is 0 Å². The number of para-hydroxylation sites is 1. The number of rotatable bonds is 3. The molecule has 0 bridgehead atoms. The van der Waals surface area contributed by atoms with Crippen molar-refractivity contribution in [2.24, 2.45) is 0 Å². The number of hydrogen-bond donors (Lipinski definition) is 2. The van der Waals surface area contributed by atoms with Crippen LogP contribution in [-0.4, -0.2) is 16.4 Å². The van der Waals surface area contributed by atoms with Crippen LogP contribution in [0.3, 0.4) is 0 Å². The van der Waals surface area contributed by atoms with Gasteiger partial charge in [0.05, 0.1) is 6.20 Å². The third-order valence-electron chi connectivity index (χ3n) is 4.57. The van der Waals surface area contributed by atoms with Gasteiger partial charge in [-0.1, -0.05) is 12.1 Å². The Hall–Kier alpha value is -3.53. The molecule has 0 atom stereocenters. The van der Waals surface area contributed by atoms with Crippen molar-refractivity contribution in [2.45, 2.75) is 19.9 Å². The van der Waals surface area contributed by atoms with Crippen molar-refractivity contribution in [1.82, 2.24) is 20.7 Å². The molecular weight excluding hydrogens is 345 g/mol. The van der Waals surface area contributed by atoms with E-state index in [-0.39, 0.29) is 5.75 Å². The van der Waals surface area contributed by atoms with E-state index in [0.29, 0.717) is 18.0 Å². The third kappa shape index (κ3) is 3.42. The molecule has 0 amide bonds. The van der Waals surface area contributed by atoms with Gasteiger partial charge >= 0.3 is 0 Å². The van der Waals surface area contributed by atoms with Crippen LogP contribution in [0, 0.1) is 17.1 Å². The van der Waals surface area contributed by atoms with Gasteiger partial charge in [-0.2, -0.15) is 5.26 Å². The van der Waals surface area contributed by atoms with Gasteiger partial charge in [0.2, 0.25) is 0 Å². The van der Waals surface area contributed by atoms with Crippen LogP contribution < -0.4 is 15.6 Å². The lowest BCUT2D eigenvalue weighted by molar-refractivity contribution is 0.283. The highest BCUT2D eigenvalue weighted by Gasteiger charge is 2.23. The number of aromatic nitrogens is 1. The maximum Gasteiger partial charge on any atom is 0.165 e. The molecular formula is C20H18FN5O. The monoisotopic (exact) mass is 363 g/mol. The second kappa shape index (κ2) is 7.00. The average Bonchev–Trinajstić information content (AvgIpc) is 2.69. The van der Waals surface area contributed by atoms with Crippen LogP contribution in [0.1, 0.15) is 18.2 Å². The SMILES string of the molecule is CC1=C(N2CCc3ncc(Oc4ccccc4F)cc3C2)NNC(C#N)=C1. The predicted octanol–water partition coefficient (Wildman–Crippen LogP) is 3.12. The van der Waals surface area contributed by atoms with Crippen molar-refractivity contribution in [3.05, 3.63) is 76.8 Å². The minimum absolute atomic E-state index is 0.179.